The maximum absolute atomic E-state index is 11.8. The number of hydrogen-bond donors (Lipinski definition) is 0. The van der Waals surface area contributed by atoms with E-state index < -0.39 is 6.55 Å². The number of nitriles is 1. The van der Waals surface area contributed by atoms with Crippen molar-refractivity contribution in [2.45, 2.75) is 13.0 Å². The summed E-state index contributed by atoms with van der Waals surface area (Å²) in [6.45, 7) is -2.62. The highest BCUT2D eigenvalue weighted by Crippen LogP contribution is 2.08. The second-order valence-corrected chi connectivity index (χ2v) is 1.90. The largest absolute Gasteiger partial charge is 0.333 e. The van der Waals surface area contributed by atoms with Gasteiger partial charge in [-0.1, -0.05) is 0 Å². The minimum atomic E-state index is -2.62. The predicted molar refractivity (Wildman–Crippen MR) is 32.8 cm³/mol. The van der Waals surface area contributed by atoms with Gasteiger partial charge >= 0.3 is 6.55 Å². The van der Waals surface area contributed by atoms with Crippen molar-refractivity contribution in [2.24, 2.45) is 0 Å². The molecule has 11 heavy (non-hydrogen) atoms. The maximum atomic E-state index is 11.8. The van der Waals surface area contributed by atoms with Gasteiger partial charge in [0.05, 0.1) is 18.2 Å². The molecular formula is C6H5F2N3. The third kappa shape index (κ3) is 1.74. The van der Waals surface area contributed by atoms with Gasteiger partial charge < -0.3 is 0 Å². The summed E-state index contributed by atoms with van der Waals surface area (Å²) in [5.41, 5.74) is 0.368. The molecule has 0 unspecified atom stereocenters. The van der Waals surface area contributed by atoms with Crippen molar-refractivity contribution in [3.05, 3.63) is 18.0 Å². The molecule has 5 heteroatoms. The van der Waals surface area contributed by atoms with Crippen molar-refractivity contribution in [1.29, 1.82) is 5.26 Å². The van der Waals surface area contributed by atoms with Crippen LogP contribution in [0.15, 0.2) is 12.3 Å². The Bertz CT molecular complexity index is 274. The molecule has 0 fully saturated rings. The van der Waals surface area contributed by atoms with Crippen LogP contribution in [-0.4, -0.2) is 9.78 Å². The van der Waals surface area contributed by atoms with Crippen molar-refractivity contribution in [3.63, 3.8) is 0 Å². The summed E-state index contributed by atoms with van der Waals surface area (Å²) >= 11 is 0. The Morgan fingerprint density at radius 3 is 2.91 bits per heavy atom. The van der Waals surface area contributed by atoms with Crippen LogP contribution in [0, 0.1) is 11.3 Å². The lowest BCUT2D eigenvalue weighted by Crippen LogP contribution is -1.98. The van der Waals surface area contributed by atoms with E-state index in [1.807, 2.05) is 6.07 Å². The van der Waals surface area contributed by atoms with Crippen LogP contribution in [0.25, 0.3) is 0 Å². The van der Waals surface area contributed by atoms with Gasteiger partial charge in [0.1, 0.15) is 0 Å². The van der Waals surface area contributed by atoms with Crippen molar-refractivity contribution in [1.82, 2.24) is 9.78 Å². The average Bonchev–Trinajstić information content (AvgIpc) is 2.37. The first-order valence-electron chi connectivity index (χ1n) is 2.93. The highest BCUT2D eigenvalue weighted by atomic mass is 19.3. The molecule has 3 nitrogen and oxygen atoms in total. The molecular weight excluding hydrogens is 152 g/mol. The van der Waals surface area contributed by atoms with Gasteiger partial charge in [0, 0.05) is 6.20 Å². The smallest absolute Gasteiger partial charge is 0.211 e. The molecule has 58 valence electrons. The van der Waals surface area contributed by atoms with Crippen LogP contribution in [0.3, 0.4) is 0 Å². The van der Waals surface area contributed by atoms with Gasteiger partial charge in [-0.15, -0.1) is 0 Å². The fraction of sp³-hybridized carbons (Fsp3) is 0.333. The highest BCUT2D eigenvalue weighted by Gasteiger charge is 2.06. The molecule has 0 saturated carbocycles. The molecule has 0 aliphatic rings. The van der Waals surface area contributed by atoms with Crippen LogP contribution in [0.5, 0.6) is 0 Å². The van der Waals surface area contributed by atoms with E-state index in [0.717, 1.165) is 6.20 Å². The second-order valence-electron chi connectivity index (χ2n) is 1.90. The molecule has 1 heterocycles. The van der Waals surface area contributed by atoms with Crippen molar-refractivity contribution in [2.75, 3.05) is 0 Å². The van der Waals surface area contributed by atoms with Crippen LogP contribution in [0.2, 0.25) is 0 Å². The Morgan fingerprint density at radius 1 is 1.73 bits per heavy atom. The first-order chi connectivity index (χ1) is 5.24. The Balaban J connectivity index is 2.75. The van der Waals surface area contributed by atoms with Gasteiger partial charge in [0.2, 0.25) is 0 Å². The summed E-state index contributed by atoms with van der Waals surface area (Å²) in [4.78, 5) is 0. The van der Waals surface area contributed by atoms with Gasteiger partial charge in [-0.25, -0.2) is 4.68 Å². The molecule has 0 aromatic carbocycles. The van der Waals surface area contributed by atoms with Gasteiger partial charge in [0.15, 0.2) is 0 Å². The molecule has 0 spiro atoms. The molecule has 0 aliphatic heterocycles. The van der Waals surface area contributed by atoms with E-state index in [-0.39, 0.29) is 6.42 Å². The Labute approximate surface area is 61.9 Å². The lowest BCUT2D eigenvalue weighted by atomic mass is 10.3. The zero-order valence-corrected chi connectivity index (χ0v) is 5.54. The molecule has 1 rings (SSSR count). The maximum Gasteiger partial charge on any atom is 0.333 e. The summed E-state index contributed by atoms with van der Waals surface area (Å²) in [6, 6.07) is 3.21. The Morgan fingerprint density at radius 2 is 2.45 bits per heavy atom. The second kappa shape index (κ2) is 3.10. The van der Waals surface area contributed by atoms with Crippen LogP contribution < -0.4 is 0 Å². The molecule has 0 radical (unpaired) electrons. The first-order valence-corrected chi connectivity index (χ1v) is 2.93. The van der Waals surface area contributed by atoms with Crippen LogP contribution >= 0.6 is 0 Å². The number of hydrogen-bond acceptors (Lipinski definition) is 2. The molecule has 0 aliphatic carbocycles. The number of alkyl halides is 2. The zero-order chi connectivity index (χ0) is 8.27. The quantitative estimate of drug-likeness (QED) is 0.650. The van der Waals surface area contributed by atoms with Crippen LogP contribution in [0.1, 0.15) is 12.2 Å². The highest BCUT2D eigenvalue weighted by molar-refractivity contribution is 5.04. The van der Waals surface area contributed by atoms with Gasteiger partial charge in [-0.3, -0.25) is 0 Å². The van der Waals surface area contributed by atoms with E-state index in [1.165, 1.54) is 6.07 Å². The number of nitrogens with zero attached hydrogens (tertiary/aromatic N) is 3. The summed E-state index contributed by atoms with van der Waals surface area (Å²) in [6.07, 6.45) is 1.22. The normalized spacial score (nSPS) is 10.0. The monoisotopic (exact) mass is 157 g/mol. The SMILES string of the molecule is N#CCc1ccn(C(F)F)n1. The van der Waals surface area contributed by atoms with E-state index in [1.54, 1.807) is 0 Å². The van der Waals surface area contributed by atoms with Gasteiger partial charge in [0.25, 0.3) is 0 Å². The summed E-state index contributed by atoms with van der Waals surface area (Å²) in [5.74, 6) is 0. The molecule has 1 aromatic heterocycles. The van der Waals surface area contributed by atoms with Crippen LogP contribution in [-0.2, 0) is 6.42 Å². The lowest BCUT2D eigenvalue weighted by Gasteiger charge is -1.94. The molecule has 0 bridgehead atoms. The van der Waals surface area contributed by atoms with E-state index in [4.69, 9.17) is 5.26 Å². The molecule has 1 aromatic rings. The third-order valence-corrected chi connectivity index (χ3v) is 1.12. The molecule has 0 amide bonds. The Kier molecular flexibility index (Phi) is 2.16. The van der Waals surface area contributed by atoms with Gasteiger partial charge in [-0.2, -0.15) is 19.1 Å². The minimum absolute atomic E-state index is 0.0692. The molecule has 0 atom stereocenters. The Hall–Kier alpha value is -1.44. The lowest BCUT2D eigenvalue weighted by molar-refractivity contribution is 0.0562. The third-order valence-electron chi connectivity index (χ3n) is 1.12. The standard InChI is InChI=1S/C6H5F2N3/c7-6(8)11-4-2-5(10-11)1-3-9/h2,4,6H,1H2. The minimum Gasteiger partial charge on any atom is -0.211 e. The van der Waals surface area contributed by atoms with Gasteiger partial charge in [-0.05, 0) is 6.07 Å². The predicted octanol–water partition coefficient (Wildman–Crippen LogP) is 1.34. The summed E-state index contributed by atoms with van der Waals surface area (Å²) in [7, 11) is 0. The van der Waals surface area contributed by atoms with Crippen LogP contribution in [0.4, 0.5) is 8.78 Å². The van der Waals surface area contributed by atoms with Crippen molar-refractivity contribution in [3.8, 4) is 6.07 Å². The van der Waals surface area contributed by atoms with E-state index >= 15 is 0 Å². The topological polar surface area (TPSA) is 41.6 Å². The number of aromatic nitrogens is 2. The molecule has 0 N–H and O–H groups in total. The molecule has 0 saturated heterocycles. The zero-order valence-electron chi connectivity index (χ0n) is 5.54. The summed E-state index contributed by atoms with van der Waals surface area (Å²) in [5, 5.41) is 11.6. The van der Waals surface area contributed by atoms with E-state index in [2.05, 4.69) is 5.10 Å². The fourth-order valence-electron chi connectivity index (χ4n) is 0.661. The fourth-order valence-corrected chi connectivity index (χ4v) is 0.661. The first kappa shape index (κ1) is 7.66. The number of halogens is 2. The number of rotatable bonds is 2. The average molecular weight is 157 g/mol. The van der Waals surface area contributed by atoms with Crippen molar-refractivity contribution >= 4 is 0 Å². The van der Waals surface area contributed by atoms with E-state index in [0.29, 0.717) is 10.4 Å². The van der Waals surface area contributed by atoms with E-state index in [9.17, 15) is 8.78 Å². The summed E-state index contributed by atoms with van der Waals surface area (Å²) < 4.78 is 24.2. The van der Waals surface area contributed by atoms with Crippen molar-refractivity contribution < 1.29 is 8.78 Å².